The fourth-order valence-corrected chi connectivity index (χ4v) is 8.39. The number of methoxy groups -OCH3 is 1. The first-order valence-corrected chi connectivity index (χ1v) is 16.4. The molecule has 1 spiro atoms. The highest BCUT2D eigenvalue weighted by atomic mass is 79.9. The van der Waals surface area contributed by atoms with Gasteiger partial charge >= 0.3 is 0 Å². The Morgan fingerprint density at radius 2 is 1.82 bits per heavy atom. The molecule has 7 atom stereocenters. The number of carbonyl (C=O) groups excluding carboxylic acids is 3. The molecule has 0 aliphatic carbocycles. The van der Waals surface area contributed by atoms with Gasteiger partial charge in [-0.3, -0.25) is 14.4 Å². The quantitative estimate of drug-likeness (QED) is 0.240. The lowest BCUT2D eigenvalue weighted by molar-refractivity contribution is -0.147. The first-order valence-electron chi connectivity index (χ1n) is 15.5. The van der Waals surface area contributed by atoms with Crippen molar-refractivity contribution in [3.63, 3.8) is 0 Å². The number of halogens is 1. The van der Waals surface area contributed by atoms with Crippen molar-refractivity contribution < 1.29 is 29.0 Å². The van der Waals surface area contributed by atoms with E-state index in [9.17, 15) is 19.5 Å². The Labute approximate surface area is 273 Å². The van der Waals surface area contributed by atoms with Gasteiger partial charge in [-0.05, 0) is 49.1 Å². The second kappa shape index (κ2) is 13.9. The smallest absolute Gasteiger partial charge is 0.253 e. The van der Waals surface area contributed by atoms with Crippen LogP contribution in [0.1, 0.15) is 25.3 Å². The van der Waals surface area contributed by atoms with Gasteiger partial charge in [0.15, 0.2) is 0 Å². The zero-order valence-electron chi connectivity index (χ0n) is 25.9. The Morgan fingerprint density at radius 3 is 2.42 bits per heavy atom. The molecule has 2 aromatic rings. The number of carbonyl (C=O) groups is 3. The fraction of sp³-hybridized carbons (Fsp3) is 0.457. The first-order chi connectivity index (χ1) is 21.8. The Kier molecular flexibility index (Phi) is 10.2. The number of alkyl halides is 1. The topological polar surface area (TPSA) is 99.6 Å². The second-order valence-corrected chi connectivity index (χ2v) is 13.1. The summed E-state index contributed by atoms with van der Waals surface area (Å²) in [5.41, 5.74) is 0.252. The van der Waals surface area contributed by atoms with Crippen molar-refractivity contribution in [3.8, 4) is 5.75 Å². The van der Waals surface area contributed by atoms with E-state index in [-0.39, 0.29) is 35.7 Å². The Balaban J connectivity index is 1.62. The number of nitrogens with zero attached hydrogens (tertiary/aromatic N) is 3. The maximum atomic E-state index is 14.9. The third-order valence-corrected chi connectivity index (χ3v) is 10.1. The van der Waals surface area contributed by atoms with Gasteiger partial charge in [0.25, 0.3) is 5.91 Å². The molecule has 10 heteroatoms. The minimum absolute atomic E-state index is 0.180. The van der Waals surface area contributed by atoms with Crippen LogP contribution in [-0.4, -0.2) is 94.6 Å². The van der Waals surface area contributed by atoms with Crippen LogP contribution in [0.15, 0.2) is 79.9 Å². The maximum Gasteiger partial charge on any atom is 0.253 e. The summed E-state index contributed by atoms with van der Waals surface area (Å²) in [4.78, 5) is 48.5. The number of aliphatic hydroxyl groups excluding tert-OH is 1. The fourth-order valence-electron chi connectivity index (χ4n) is 7.45. The van der Waals surface area contributed by atoms with Crippen LogP contribution in [0, 0.1) is 11.8 Å². The molecular formula is C35H42BrN3O6. The molecule has 0 saturated carbocycles. The van der Waals surface area contributed by atoms with E-state index in [0.717, 1.165) is 12.0 Å². The summed E-state index contributed by atoms with van der Waals surface area (Å²) in [7, 11) is 1.57. The molecular weight excluding hydrogens is 638 g/mol. The molecule has 0 aromatic heterocycles. The number of rotatable bonds is 14. The van der Waals surface area contributed by atoms with Crippen LogP contribution in [0.2, 0.25) is 0 Å². The van der Waals surface area contributed by atoms with Crippen LogP contribution in [-0.2, 0) is 25.5 Å². The molecule has 2 aromatic carbocycles. The second-order valence-electron chi connectivity index (χ2n) is 11.9. The minimum atomic E-state index is -1.27. The predicted molar refractivity (Wildman–Crippen MR) is 176 cm³/mol. The van der Waals surface area contributed by atoms with E-state index in [1.54, 1.807) is 53.3 Å². The highest BCUT2D eigenvalue weighted by Gasteiger charge is 2.77. The Morgan fingerprint density at radius 1 is 1.13 bits per heavy atom. The third-order valence-electron chi connectivity index (χ3n) is 9.28. The van der Waals surface area contributed by atoms with E-state index in [1.807, 2.05) is 37.3 Å². The lowest BCUT2D eigenvalue weighted by Crippen LogP contribution is -2.59. The number of fused-ring (bicyclic) bond motifs is 1. The normalized spacial score (nSPS) is 27.2. The van der Waals surface area contributed by atoms with Crippen molar-refractivity contribution in [2.24, 2.45) is 11.8 Å². The van der Waals surface area contributed by atoms with Gasteiger partial charge in [0, 0.05) is 30.1 Å². The van der Waals surface area contributed by atoms with E-state index in [4.69, 9.17) is 9.47 Å². The van der Waals surface area contributed by atoms with E-state index >= 15 is 0 Å². The molecule has 45 heavy (non-hydrogen) atoms. The number of benzene rings is 2. The molecule has 3 unspecified atom stereocenters. The molecule has 2 bridgehead atoms. The van der Waals surface area contributed by atoms with E-state index < -0.39 is 35.6 Å². The van der Waals surface area contributed by atoms with Gasteiger partial charge in [-0.1, -0.05) is 65.3 Å². The average molecular weight is 681 g/mol. The molecule has 3 fully saturated rings. The molecule has 3 saturated heterocycles. The zero-order chi connectivity index (χ0) is 32.3. The molecule has 0 radical (unpaired) electrons. The summed E-state index contributed by atoms with van der Waals surface area (Å²) >= 11 is 3.77. The van der Waals surface area contributed by atoms with Gasteiger partial charge in [-0.25, -0.2) is 0 Å². The molecule has 3 heterocycles. The molecule has 3 aliphatic rings. The number of hydrogen-bond donors (Lipinski definition) is 1. The maximum absolute atomic E-state index is 14.9. The Bertz CT molecular complexity index is 1400. The standard InChI is InChI=1S/C35H42BrN3O6/c1-5-17-37(18-6-2)32(41)28-29-33(42)39(25(22-40)20-23-11-9-8-10-12-23)31(35(29)21-27(36)30(28)45-35)34(43)38(19-7-3)24-13-15-26(44-4)16-14-24/h5,7-16,25,27-31,40H,1,3,6,17-22H2,2,4H3/t25-,27?,28+,29+,30+,31?,35?/m1/s1. The van der Waals surface area contributed by atoms with Crippen molar-refractivity contribution >= 4 is 39.3 Å². The van der Waals surface area contributed by atoms with Crippen LogP contribution in [0.3, 0.4) is 0 Å². The zero-order valence-corrected chi connectivity index (χ0v) is 27.5. The van der Waals surface area contributed by atoms with Gasteiger partial charge in [-0.2, -0.15) is 0 Å². The van der Waals surface area contributed by atoms with Crippen molar-refractivity contribution in [3.05, 3.63) is 85.5 Å². The summed E-state index contributed by atoms with van der Waals surface area (Å²) in [5, 5.41) is 10.8. The lowest BCUT2D eigenvalue weighted by atomic mass is 9.70. The first kappa shape index (κ1) is 32.9. The van der Waals surface area contributed by atoms with Gasteiger partial charge in [0.05, 0.1) is 37.7 Å². The van der Waals surface area contributed by atoms with Crippen molar-refractivity contribution in [1.82, 2.24) is 9.80 Å². The Hall–Kier alpha value is -3.47. The van der Waals surface area contributed by atoms with Crippen LogP contribution in [0.5, 0.6) is 5.75 Å². The average Bonchev–Trinajstić information content (AvgIpc) is 3.65. The highest BCUT2D eigenvalue weighted by Crippen LogP contribution is 2.61. The van der Waals surface area contributed by atoms with Gasteiger partial charge in [-0.15, -0.1) is 13.2 Å². The SMILES string of the molecule is C=CCN(CCC)C(=O)[C@H]1[C@H]2C(=O)N([C@@H](CO)Cc3ccccc3)C(C(=O)N(CC=C)c3ccc(OC)cc3)C23CC(Br)[C@@H]1O3. The predicted octanol–water partition coefficient (Wildman–Crippen LogP) is 3.99. The third kappa shape index (κ3) is 5.84. The number of anilines is 1. The van der Waals surface area contributed by atoms with Crippen LogP contribution in [0.25, 0.3) is 0 Å². The largest absolute Gasteiger partial charge is 0.497 e. The van der Waals surface area contributed by atoms with Crippen molar-refractivity contribution in [2.45, 2.75) is 54.8 Å². The molecule has 240 valence electrons. The molecule has 5 rings (SSSR count). The highest BCUT2D eigenvalue weighted by molar-refractivity contribution is 9.09. The van der Waals surface area contributed by atoms with Crippen molar-refractivity contribution in [2.75, 3.05) is 38.3 Å². The van der Waals surface area contributed by atoms with E-state index in [1.165, 1.54) is 4.90 Å². The summed E-state index contributed by atoms with van der Waals surface area (Å²) in [5.74, 6) is -1.90. The van der Waals surface area contributed by atoms with E-state index in [2.05, 4.69) is 29.1 Å². The lowest BCUT2D eigenvalue weighted by Gasteiger charge is -2.39. The van der Waals surface area contributed by atoms with Gasteiger partial charge in [0.2, 0.25) is 11.8 Å². The molecule has 3 aliphatic heterocycles. The molecule has 1 N–H and O–H groups in total. The summed E-state index contributed by atoms with van der Waals surface area (Å²) in [6, 6.07) is 14.9. The number of likely N-dealkylation sites (tertiary alicyclic amines) is 1. The number of hydrogen-bond acceptors (Lipinski definition) is 6. The van der Waals surface area contributed by atoms with E-state index in [0.29, 0.717) is 37.4 Å². The van der Waals surface area contributed by atoms with Crippen molar-refractivity contribution in [1.29, 1.82) is 0 Å². The van der Waals surface area contributed by atoms with Gasteiger partial charge in [0.1, 0.15) is 17.4 Å². The minimum Gasteiger partial charge on any atom is -0.497 e. The number of amides is 3. The van der Waals surface area contributed by atoms with Gasteiger partial charge < -0.3 is 29.3 Å². The molecule has 3 amide bonds. The number of ether oxygens (including phenoxy) is 2. The number of aliphatic hydroxyl groups is 1. The summed E-state index contributed by atoms with van der Waals surface area (Å²) in [6.45, 7) is 10.4. The summed E-state index contributed by atoms with van der Waals surface area (Å²) in [6.07, 6.45) is 4.18. The summed E-state index contributed by atoms with van der Waals surface area (Å²) < 4.78 is 12.1. The molecule has 9 nitrogen and oxygen atoms in total. The van der Waals surface area contributed by atoms with Crippen LogP contribution >= 0.6 is 15.9 Å². The van der Waals surface area contributed by atoms with Crippen LogP contribution < -0.4 is 9.64 Å². The van der Waals surface area contributed by atoms with Crippen LogP contribution in [0.4, 0.5) is 5.69 Å². The monoisotopic (exact) mass is 679 g/mol.